The second kappa shape index (κ2) is 12.4. The van der Waals surface area contributed by atoms with Crippen molar-refractivity contribution in [2.45, 2.75) is 53.4 Å². The molecule has 1 aliphatic heterocycles. The van der Waals surface area contributed by atoms with E-state index in [1.54, 1.807) is 17.7 Å². The van der Waals surface area contributed by atoms with Crippen LogP contribution in [-0.4, -0.2) is 39.6 Å². The standard InChI is InChI=1S/C32H34N4O3/c1-5-7-8-12-17-35-31(37)27(23(4)28(20-33)32(35)38)19-25-21-36(26-13-10-9-11-14-26)34-30(25)24-15-16-29(39-6-2)22(3)18-24/h9-11,13-16,18-19,21H,5-8,12,17H2,1-4H3/b27-19+. The maximum Gasteiger partial charge on any atom is 0.271 e. The highest BCUT2D eigenvalue weighted by Crippen LogP contribution is 2.33. The van der Waals surface area contributed by atoms with E-state index in [2.05, 4.69) is 6.92 Å². The monoisotopic (exact) mass is 522 g/mol. The normalized spacial score (nSPS) is 14.7. The molecule has 0 N–H and O–H groups in total. The number of para-hydroxylation sites is 1. The molecule has 0 atom stereocenters. The summed E-state index contributed by atoms with van der Waals surface area (Å²) < 4.78 is 7.50. The van der Waals surface area contributed by atoms with Gasteiger partial charge in [-0.3, -0.25) is 14.5 Å². The second-order valence-corrected chi connectivity index (χ2v) is 9.62. The van der Waals surface area contributed by atoms with Crippen molar-refractivity contribution in [1.29, 1.82) is 5.26 Å². The number of nitriles is 1. The highest BCUT2D eigenvalue weighted by Gasteiger charge is 2.35. The Hall–Kier alpha value is -4.44. The van der Waals surface area contributed by atoms with E-state index in [1.807, 2.05) is 74.6 Å². The van der Waals surface area contributed by atoms with Crippen LogP contribution in [0.3, 0.4) is 0 Å². The first kappa shape index (κ1) is 27.6. The van der Waals surface area contributed by atoms with Crippen molar-refractivity contribution < 1.29 is 14.3 Å². The minimum atomic E-state index is -0.518. The summed E-state index contributed by atoms with van der Waals surface area (Å²) in [6.07, 6.45) is 7.34. The number of hydrogen-bond donors (Lipinski definition) is 0. The largest absolute Gasteiger partial charge is 0.494 e. The molecular formula is C32H34N4O3. The van der Waals surface area contributed by atoms with Crippen molar-refractivity contribution in [3.63, 3.8) is 0 Å². The minimum Gasteiger partial charge on any atom is -0.494 e. The zero-order valence-electron chi connectivity index (χ0n) is 23.0. The van der Waals surface area contributed by atoms with Crippen molar-refractivity contribution >= 4 is 17.9 Å². The lowest BCUT2D eigenvalue weighted by molar-refractivity contribution is -0.140. The van der Waals surface area contributed by atoms with Gasteiger partial charge in [-0.2, -0.15) is 10.4 Å². The Labute approximate surface area is 230 Å². The van der Waals surface area contributed by atoms with Crippen LogP contribution in [0.15, 0.2) is 71.4 Å². The number of rotatable bonds is 10. The number of hydrogen-bond acceptors (Lipinski definition) is 5. The van der Waals surface area contributed by atoms with Crippen molar-refractivity contribution in [2.75, 3.05) is 13.2 Å². The van der Waals surface area contributed by atoms with E-state index in [0.717, 1.165) is 41.8 Å². The molecule has 2 aromatic carbocycles. The number of ether oxygens (including phenoxy) is 1. The van der Waals surface area contributed by atoms with Crippen molar-refractivity contribution in [3.8, 4) is 28.8 Å². The second-order valence-electron chi connectivity index (χ2n) is 9.62. The number of amides is 2. The van der Waals surface area contributed by atoms with Crippen LogP contribution in [0.25, 0.3) is 23.0 Å². The van der Waals surface area contributed by atoms with E-state index < -0.39 is 5.91 Å². The topological polar surface area (TPSA) is 88.2 Å². The van der Waals surface area contributed by atoms with Gasteiger partial charge in [0.05, 0.1) is 18.0 Å². The third-order valence-electron chi connectivity index (χ3n) is 6.87. The van der Waals surface area contributed by atoms with Gasteiger partial charge >= 0.3 is 0 Å². The lowest BCUT2D eigenvalue weighted by Crippen LogP contribution is -2.43. The van der Waals surface area contributed by atoms with E-state index in [9.17, 15) is 14.9 Å². The Morgan fingerprint density at radius 3 is 2.44 bits per heavy atom. The highest BCUT2D eigenvalue weighted by atomic mass is 16.5. The van der Waals surface area contributed by atoms with Gasteiger partial charge < -0.3 is 4.74 Å². The van der Waals surface area contributed by atoms with Gasteiger partial charge in [-0.15, -0.1) is 0 Å². The molecule has 0 fully saturated rings. The van der Waals surface area contributed by atoms with Crippen LogP contribution in [0, 0.1) is 18.3 Å². The molecule has 7 heteroatoms. The molecule has 1 aliphatic rings. The van der Waals surface area contributed by atoms with Gasteiger partial charge in [0.2, 0.25) is 0 Å². The molecule has 2 amide bonds. The summed E-state index contributed by atoms with van der Waals surface area (Å²) in [5.41, 5.74) is 4.84. The van der Waals surface area contributed by atoms with E-state index >= 15 is 0 Å². The molecule has 0 aliphatic carbocycles. The first-order chi connectivity index (χ1) is 18.9. The molecule has 0 spiro atoms. The molecule has 0 unspecified atom stereocenters. The average molecular weight is 523 g/mol. The van der Waals surface area contributed by atoms with E-state index in [0.29, 0.717) is 42.0 Å². The van der Waals surface area contributed by atoms with Crippen molar-refractivity contribution in [1.82, 2.24) is 14.7 Å². The van der Waals surface area contributed by atoms with Crippen LogP contribution in [0.4, 0.5) is 0 Å². The summed E-state index contributed by atoms with van der Waals surface area (Å²) in [6.45, 7) is 8.57. The number of aromatic nitrogens is 2. The average Bonchev–Trinajstić information content (AvgIpc) is 3.36. The maximum atomic E-state index is 13.6. The van der Waals surface area contributed by atoms with Crippen LogP contribution in [0.1, 0.15) is 57.6 Å². The number of unbranched alkanes of at least 4 members (excludes halogenated alkanes) is 3. The molecule has 3 aromatic rings. The number of carbonyl (C=O) groups excluding carboxylic acids is 2. The third kappa shape index (κ3) is 5.85. The predicted octanol–water partition coefficient (Wildman–Crippen LogP) is 6.42. The third-order valence-corrected chi connectivity index (χ3v) is 6.87. The molecule has 200 valence electrons. The quantitative estimate of drug-likeness (QED) is 0.174. The predicted molar refractivity (Wildman–Crippen MR) is 152 cm³/mol. The summed E-state index contributed by atoms with van der Waals surface area (Å²) >= 11 is 0. The van der Waals surface area contributed by atoms with Crippen LogP contribution in [0.5, 0.6) is 5.75 Å². The number of benzene rings is 2. The fourth-order valence-corrected chi connectivity index (χ4v) is 4.73. The highest BCUT2D eigenvalue weighted by molar-refractivity contribution is 6.19. The lowest BCUT2D eigenvalue weighted by Gasteiger charge is -2.27. The maximum absolute atomic E-state index is 13.6. The summed E-state index contributed by atoms with van der Waals surface area (Å²) in [6, 6.07) is 17.7. The molecule has 0 bridgehead atoms. The lowest BCUT2D eigenvalue weighted by atomic mass is 9.93. The Morgan fingerprint density at radius 2 is 1.77 bits per heavy atom. The Bertz CT molecular complexity index is 1470. The van der Waals surface area contributed by atoms with Gasteiger partial charge in [0.15, 0.2) is 0 Å². The molecule has 0 radical (unpaired) electrons. The molecule has 0 saturated carbocycles. The van der Waals surface area contributed by atoms with Crippen LogP contribution >= 0.6 is 0 Å². The molecular weight excluding hydrogens is 488 g/mol. The van der Waals surface area contributed by atoms with E-state index in [4.69, 9.17) is 9.84 Å². The molecule has 39 heavy (non-hydrogen) atoms. The number of nitrogens with zero attached hydrogens (tertiary/aromatic N) is 4. The molecule has 1 aromatic heterocycles. The minimum absolute atomic E-state index is 0.00487. The van der Waals surface area contributed by atoms with Crippen molar-refractivity contribution in [3.05, 3.63) is 82.6 Å². The van der Waals surface area contributed by atoms with Gasteiger partial charge in [0.1, 0.15) is 17.4 Å². The van der Waals surface area contributed by atoms with Gasteiger partial charge in [-0.1, -0.05) is 44.4 Å². The van der Waals surface area contributed by atoms with E-state index in [1.165, 1.54) is 4.90 Å². The van der Waals surface area contributed by atoms with Gasteiger partial charge in [-0.25, -0.2) is 4.68 Å². The van der Waals surface area contributed by atoms with E-state index in [-0.39, 0.29) is 11.5 Å². The fourth-order valence-electron chi connectivity index (χ4n) is 4.73. The molecule has 4 rings (SSSR count). The first-order valence-corrected chi connectivity index (χ1v) is 13.5. The molecule has 7 nitrogen and oxygen atoms in total. The van der Waals surface area contributed by atoms with Gasteiger partial charge in [0, 0.05) is 29.4 Å². The smallest absolute Gasteiger partial charge is 0.271 e. The van der Waals surface area contributed by atoms with Gasteiger partial charge in [0.25, 0.3) is 11.8 Å². The SMILES string of the molecule is CCCCCCN1C(=O)C(C#N)=C(C)/C(=C\c2cn(-c3ccccc3)nc2-c2ccc(OCC)c(C)c2)C1=O. The zero-order chi connectivity index (χ0) is 27.9. The Kier molecular flexibility index (Phi) is 8.77. The number of imide groups is 1. The Balaban J connectivity index is 1.83. The molecule has 0 saturated heterocycles. The summed E-state index contributed by atoms with van der Waals surface area (Å²) in [5.74, 6) is -0.0916. The van der Waals surface area contributed by atoms with Gasteiger partial charge in [-0.05, 0) is 74.7 Å². The molecule has 2 heterocycles. The van der Waals surface area contributed by atoms with Crippen molar-refractivity contribution in [2.24, 2.45) is 0 Å². The number of carbonyl (C=O) groups is 2. The fraction of sp³-hybridized carbons (Fsp3) is 0.312. The number of aryl methyl sites for hydroxylation is 1. The summed E-state index contributed by atoms with van der Waals surface area (Å²) in [4.78, 5) is 27.8. The summed E-state index contributed by atoms with van der Waals surface area (Å²) in [7, 11) is 0. The first-order valence-electron chi connectivity index (χ1n) is 13.5. The van der Waals surface area contributed by atoms with Crippen LogP contribution < -0.4 is 4.74 Å². The Morgan fingerprint density at radius 1 is 1.00 bits per heavy atom. The zero-order valence-corrected chi connectivity index (χ0v) is 23.0. The summed E-state index contributed by atoms with van der Waals surface area (Å²) in [5, 5.41) is 14.7. The van der Waals surface area contributed by atoms with Crippen LogP contribution in [0.2, 0.25) is 0 Å². The van der Waals surface area contributed by atoms with Crippen LogP contribution in [-0.2, 0) is 9.59 Å².